The van der Waals surface area contributed by atoms with E-state index in [1.54, 1.807) is 0 Å². The van der Waals surface area contributed by atoms with Crippen molar-refractivity contribution in [3.05, 3.63) is 24.1 Å². The van der Waals surface area contributed by atoms with Crippen molar-refractivity contribution in [3.63, 3.8) is 0 Å². The minimum absolute atomic E-state index is 0.182. The molecule has 0 amide bonds. The van der Waals surface area contributed by atoms with Crippen LogP contribution in [0.2, 0.25) is 0 Å². The Balaban J connectivity index is 3.08. The number of nitrogens with zero attached hydrogens (tertiary/aromatic N) is 1. The highest BCUT2D eigenvalue weighted by Crippen LogP contribution is 1.95. The second kappa shape index (κ2) is 1.78. The molecular weight excluding hydrogens is 107 g/mol. The third kappa shape index (κ3) is 0.932. The molecule has 3 heteroatoms. The topological polar surface area (TPSA) is 38.9 Å². The van der Waals surface area contributed by atoms with Crippen LogP contribution in [-0.2, 0) is 0 Å². The van der Waals surface area contributed by atoms with Gasteiger partial charge in [-0.3, -0.25) is 0 Å². The van der Waals surface area contributed by atoms with E-state index >= 15 is 0 Å². The quantitative estimate of drug-likeness (QED) is 0.498. The van der Waals surface area contributed by atoms with Gasteiger partial charge >= 0.3 is 0 Å². The number of pyridine rings is 1. The fraction of sp³-hybridized carbons (Fsp3) is 0. The van der Waals surface area contributed by atoms with Gasteiger partial charge in [0.05, 0.1) is 0 Å². The lowest BCUT2D eigenvalue weighted by Gasteiger charge is -1.86. The highest BCUT2D eigenvalue weighted by Gasteiger charge is 1.87. The number of anilines is 1. The zero-order chi connectivity index (χ0) is 5.98. The van der Waals surface area contributed by atoms with Gasteiger partial charge in [-0.15, -0.1) is 0 Å². The summed E-state index contributed by atoms with van der Waals surface area (Å²) in [6, 6.07) is 5.08. The van der Waals surface area contributed by atoms with Gasteiger partial charge < -0.3 is 5.73 Å². The van der Waals surface area contributed by atoms with Gasteiger partial charge in [0.2, 0.25) is 5.95 Å². The Morgan fingerprint density at radius 3 is 2.88 bits per heavy atom. The van der Waals surface area contributed by atoms with Crippen molar-refractivity contribution in [1.82, 2.24) is 4.98 Å². The third-order valence-corrected chi connectivity index (χ3v) is 0.684. The molecule has 1 aromatic rings. The van der Waals surface area contributed by atoms with E-state index in [1.165, 1.54) is 12.1 Å². The SMILES string of the molecule is Nc1cc[c]c(F)n1. The van der Waals surface area contributed by atoms with E-state index in [9.17, 15) is 4.39 Å². The maximum absolute atomic E-state index is 11.9. The number of halogens is 1. The molecule has 0 spiro atoms. The summed E-state index contributed by atoms with van der Waals surface area (Å²) in [5, 5.41) is 0. The summed E-state index contributed by atoms with van der Waals surface area (Å²) in [6.45, 7) is 0. The Bertz CT molecular complexity index is 170. The van der Waals surface area contributed by atoms with Gasteiger partial charge in [0.15, 0.2) is 0 Å². The Hall–Kier alpha value is -1.12. The summed E-state index contributed by atoms with van der Waals surface area (Å²) in [6.07, 6.45) is 0. The summed E-state index contributed by atoms with van der Waals surface area (Å²) >= 11 is 0. The monoisotopic (exact) mass is 111 g/mol. The third-order valence-electron chi connectivity index (χ3n) is 0.684. The van der Waals surface area contributed by atoms with Crippen LogP contribution in [0, 0.1) is 12.0 Å². The zero-order valence-corrected chi connectivity index (χ0v) is 4.06. The molecule has 0 fully saturated rings. The first kappa shape index (κ1) is 5.03. The molecule has 0 saturated heterocycles. The molecule has 2 N–H and O–H groups in total. The summed E-state index contributed by atoms with van der Waals surface area (Å²) < 4.78 is 11.9. The summed E-state index contributed by atoms with van der Waals surface area (Å²) in [5.41, 5.74) is 5.09. The summed E-state index contributed by atoms with van der Waals surface area (Å²) in [7, 11) is 0. The van der Waals surface area contributed by atoms with Gasteiger partial charge in [0.1, 0.15) is 5.82 Å². The highest BCUT2D eigenvalue weighted by molar-refractivity contribution is 5.25. The van der Waals surface area contributed by atoms with E-state index in [0.717, 1.165) is 0 Å². The van der Waals surface area contributed by atoms with Crippen LogP contribution in [0.1, 0.15) is 0 Å². The van der Waals surface area contributed by atoms with E-state index < -0.39 is 5.95 Å². The average molecular weight is 111 g/mol. The maximum atomic E-state index is 11.9. The zero-order valence-electron chi connectivity index (χ0n) is 4.06. The number of nitrogen functional groups attached to an aromatic ring is 1. The van der Waals surface area contributed by atoms with Crippen molar-refractivity contribution in [3.8, 4) is 0 Å². The lowest BCUT2D eigenvalue weighted by Crippen LogP contribution is -1.90. The van der Waals surface area contributed by atoms with Gasteiger partial charge in [0, 0.05) is 6.07 Å². The molecule has 1 aromatic heterocycles. The minimum atomic E-state index is -0.662. The highest BCUT2D eigenvalue weighted by atomic mass is 19.1. The standard InChI is InChI=1S/C5H4FN2/c6-4-2-1-3-5(7)8-4/h1,3H,(H2,7,8). The predicted molar refractivity (Wildman–Crippen MR) is 27.4 cm³/mol. The number of hydrogen-bond acceptors (Lipinski definition) is 2. The number of nitrogens with two attached hydrogens (primary N) is 1. The van der Waals surface area contributed by atoms with Crippen LogP contribution in [-0.4, -0.2) is 4.98 Å². The van der Waals surface area contributed by atoms with Crippen LogP contribution in [0.5, 0.6) is 0 Å². The van der Waals surface area contributed by atoms with E-state index in [2.05, 4.69) is 11.1 Å². The van der Waals surface area contributed by atoms with Crippen molar-refractivity contribution < 1.29 is 4.39 Å². The van der Waals surface area contributed by atoms with Gasteiger partial charge in [-0.05, 0) is 12.1 Å². The Labute approximate surface area is 46.2 Å². The van der Waals surface area contributed by atoms with Crippen molar-refractivity contribution in [1.29, 1.82) is 0 Å². The molecule has 0 saturated carbocycles. The summed E-state index contributed by atoms with van der Waals surface area (Å²) in [4.78, 5) is 3.23. The average Bonchev–Trinajstić information content (AvgIpc) is 1.64. The van der Waals surface area contributed by atoms with Gasteiger partial charge in [-0.2, -0.15) is 4.39 Å². The van der Waals surface area contributed by atoms with Crippen LogP contribution in [0.3, 0.4) is 0 Å². The van der Waals surface area contributed by atoms with Crippen LogP contribution in [0.4, 0.5) is 10.2 Å². The lowest BCUT2D eigenvalue weighted by molar-refractivity contribution is 0.583. The number of hydrogen-bond donors (Lipinski definition) is 1. The smallest absolute Gasteiger partial charge is 0.222 e. The van der Waals surface area contributed by atoms with Gasteiger partial charge in [0.25, 0.3) is 0 Å². The maximum Gasteiger partial charge on any atom is 0.222 e. The molecule has 2 nitrogen and oxygen atoms in total. The number of aromatic nitrogens is 1. The summed E-state index contributed by atoms with van der Waals surface area (Å²) in [5.74, 6) is -0.480. The molecule has 1 heterocycles. The van der Waals surface area contributed by atoms with E-state index in [4.69, 9.17) is 5.73 Å². The first-order chi connectivity index (χ1) is 3.79. The molecular formula is C5H4FN2. The molecule has 0 unspecified atom stereocenters. The molecule has 0 aliphatic heterocycles. The van der Waals surface area contributed by atoms with Crippen molar-refractivity contribution in [2.75, 3.05) is 5.73 Å². The molecule has 8 heavy (non-hydrogen) atoms. The van der Waals surface area contributed by atoms with Gasteiger partial charge in [-0.1, -0.05) is 0 Å². The molecule has 0 aromatic carbocycles. The molecule has 0 atom stereocenters. The Kier molecular flexibility index (Phi) is 1.12. The first-order valence-corrected chi connectivity index (χ1v) is 2.09. The van der Waals surface area contributed by atoms with Crippen LogP contribution in [0.25, 0.3) is 0 Å². The largest absolute Gasteiger partial charge is 0.384 e. The Morgan fingerprint density at radius 2 is 2.50 bits per heavy atom. The molecule has 0 bridgehead atoms. The molecule has 0 aliphatic rings. The fourth-order valence-corrected chi connectivity index (χ4v) is 0.379. The molecule has 1 radical (unpaired) electrons. The predicted octanol–water partition coefficient (Wildman–Crippen LogP) is 0.603. The van der Waals surface area contributed by atoms with Crippen LogP contribution >= 0.6 is 0 Å². The van der Waals surface area contributed by atoms with Crippen LogP contribution in [0.15, 0.2) is 12.1 Å². The van der Waals surface area contributed by atoms with E-state index in [1.807, 2.05) is 0 Å². The fourth-order valence-electron chi connectivity index (χ4n) is 0.379. The molecule has 41 valence electrons. The van der Waals surface area contributed by atoms with E-state index in [-0.39, 0.29) is 5.82 Å². The normalized spacial score (nSPS) is 9.12. The molecule has 0 aliphatic carbocycles. The van der Waals surface area contributed by atoms with Crippen molar-refractivity contribution >= 4 is 5.82 Å². The van der Waals surface area contributed by atoms with Crippen molar-refractivity contribution in [2.45, 2.75) is 0 Å². The first-order valence-electron chi connectivity index (χ1n) is 2.09. The second-order valence-corrected chi connectivity index (χ2v) is 1.31. The second-order valence-electron chi connectivity index (χ2n) is 1.31. The minimum Gasteiger partial charge on any atom is -0.384 e. The Morgan fingerprint density at radius 1 is 1.75 bits per heavy atom. The van der Waals surface area contributed by atoms with Crippen molar-refractivity contribution in [2.24, 2.45) is 0 Å². The van der Waals surface area contributed by atoms with Gasteiger partial charge in [-0.25, -0.2) is 4.98 Å². The number of rotatable bonds is 0. The van der Waals surface area contributed by atoms with E-state index in [0.29, 0.717) is 0 Å². The van der Waals surface area contributed by atoms with Crippen LogP contribution < -0.4 is 5.73 Å². The molecule has 1 rings (SSSR count). The lowest BCUT2D eigenvalue weighted by atomic mass is 10.5.